The van der Waals surface area contributed by atoms with Crippen molar-refractivity contribution in [2.45, 2.75) is 31.0 Å². The second kappa shape index (κ2) is 11.7. The van der Waals surface area contributed by atoms with Crippen molar-refractivity contribution in [3.63, 3.8) is 0 Å². The molecular formula is C13H22N4O9. The quantitative estimate of drug-likeness (QED) is 0.162. The third-order valence-corrected chi connectivity index (χ3v) is 3.06. The van der Waals surface area contributed by atoms with Gasteiger partial charge in [-0.05, 0) is 6.42 Å². The third-order valence-electron chi connectivity index (χ3n) is 3.06. The third kappa shape index (κ3) is 8.91. The molecule has 3 amide bonds. The standard InChI is InChI=1S/C13H22N4O9/c14-6(1-2-10(21)22)11(23)17-7(4-18)12(24)15-3-9(20)16-8(5-19)13(25)26/h6-8,18-19H,1-5,14H2,(H,15,24)(H,16,20)(H,17,23)(H,21,22)(H,25,26). The normalized spacial score (nSPS) is 13.8. The molecule has 0 aliphatic rings. The van der Waals surface area contributed by atoms with Crippen LogP contribution in [0.15, 0.2) is 0 Å². The van der Waals surface area contributed by atoms with Crippen molar-refractivity contribution in [1.29, 1.82) is 0 Å². The number of amides is 3. The minimum Gasteiger partial charge on any atom is -0.481 e. The molecule has 3 unspecified atom stereocenters. The van der Waals surface area contributed by atoms with Crippen molar-refractivity contribution in [3.8, 4) is 0 Å². The zero-order valence-corrected chi connectivity index (χ0v) is 13.7. The van der Waals surface area contributed by atoms with Crippen molar-refractivity contribution in [1.82, 2.24) is 16.0 Å². The topological polar surface area (TPSA) is 228 Å². The Morgan fingerprint density at radius 1 is 0.885 bits per heavy atom. The molecule has 0 aromatic rings. The predicted molar refractivity (Wildman–Crippen MR) is 83.5 cm³/mol. The highest BCUT2D eigenvalue weighted by Crippen LogP contribution is 1.96. The van der Waals surface area contributed by atoms with E-state index in [2.05, 4.69) is 10.6 Å². The monoisotopic (exact) mass is 378 g/mol. The zero-order chi connectivity index (χ0) is 20.3. The first-order valence-corrected chi connectivity index (χ1v) is 7.41. The summed E-state index contributed by atoms with van der Waals surface area (Å²) in [5, 5.41) is 41.2. The van der Waals surface area contributed by atoms with E-state index >= 15 is 0 Å². The van der Waals surface area contributed by atoms with Gasteiger partial charge in [-0.3, -0.25) is 19.2 Å². The molecule has 0 rings (SSSR count). The first-order chi connectivity index (χ1) is 12.1. The SMILES string of the molecule is NC(CCC(=O)O)C(=O)NC(CO)C(=O)NCC(=O)NC(CO)C(=O)O. The average Bonchev–Trinajstić information content (AvgIpc) is 2.59. The fourth-order valence-corrected chi connectivity index (χ4v) is 1.60. The number of carboxylic acids is 2. The van der Waals surface area contributed by atoms with Crippen LogP contribution < -0.4 is 21.7 Å². The molecule has 0 radical (unpaired) electrons. The first kappa shape index (κ1) is 23.2. The Bertz CT molecular complexity index is 540. The summed E-state index contributed by atoms with van der Waals surface area (Å²) in [5.74, 6) is -5.35. The van der Waals surface area contributed by atoms with Crippen LogP contribution in [-0.2, 0) is 24.0 Å². The van der Waals surface area contributed by atoms with Gasteiger partial charge in [-0.2, -0.15) is 0 Å². The van der Waals surface area contributed by atoms with Gasteiger partial charge in [0.05, 0.1) is 25.8 Å². The molecule has 0 aliphatic heterocycles. The Morgan fingerprint density at radius 3 is 1.92 bits per heavy atom. The second-order valence-corrected chi connectivity index (χ2v) is 5.14. The van der Waals surface area contributed by atoms with Gasteiger partial charge in [0.25, 0.3) is 0 Å². The predicted octanol–water partition coefficient (Wildman–Crippen LogP) is -4.67. The molecule has 9 N–H and O–H groups in total. The van der Waals surface area contributed by atoms with E-state index in [-0.39, 0.29) is 12.8 Å². The summed E-state index contributed by atoms with van der Waals surface area (Å²) in [4.78, 5) is 56.1. The Hall–Kier alpha value is -2.77. The first-order valence-electron chi connectivity index (χ1n) is 7.41. The maximum Gasteiger partial charge on any atom is 0.328 e. The lowest BCUT2D eigenvalue weighted by molar-refractivity contribution is -0.143. The molecule has 0 aromatic heterocycles. The van der Waals surface area contributed by atoms with Gasteiger partial charge < -0.3 is 42.1 Å². The van der Waals surface area contributed by atoms with Crippen LogP contribution in [0.3, 0.4) is 0 Å². The van der Waals surface area contributed by atoms with Crippen LogP contribution in [0.1, 0.15) is 12.8 Å². The van der Waals surface area contributed by atoms with E-state index < -0.39 is 67.5 Å². The van der Waals surface area contributed by atoms with Gasteiger partial charge in [-0.15, -0.1) is 0 Å². The number of carbonyl (C=O) groups excluding carboxylic acids is 3. The Morgan fingerprint density at radius 2 is 1.46 bits per heavy atom. The molecule has 148 valence electrons. The lowest BCUT2D eigenvalue weighted by Gasteiger charge is -2.19. The molecule has 26 heavy (non-hydrogen) atoms. The number of nitrogens with one attached hydrogen (secondary N) is 3. The van der Waals surface area contributed by atoms with Crippen LogP contribution in [0.4, 0.5) is 0 Å². The number of nitrogens with two attached hydrogens (primary N) is 1. The van der Waals surface area contributed by atoms with Crippen molar-refractivity contribution in [3.05, 3.63) is 0 Å². The molecule has 13 nitrogen and oxygen atoms in total. The molecule has 0 aromatic carbocycles. The fraction of sp³-hybridized carbons (Fsp3) is 0.615. The van der Waals surface area contributed by atoms with Crippen LogP contribution in [0.25, 0.3) is 0 Å². The highest BCUT2D eigenvalue weighted by atomic mass is 16.4. The van der Waals surface area contributed by atoms with Crippen molar-refractivity contribution < 1.29 is 44.4 Å². The summed E-state index contributed by atoms with van der Waals surface area (Å²) in [6.07, 6.45) is -0.540. The van der Waals surface area contributed by atoms with Crippen LogP contribution >= 0.6 is 0 Å². The highest BCUT2D eigenvalue weighted by molar-refractivity contribution is 5.92. The molecular weight excluding hydrogens is 356 g/mol. The minimum atomic E-state index is -1.54. The van der Waals surface area contributed by atoms with Gasteiger partial charge in [0.15, 0.2) is 0 Å². The van der Waals surface area contributed by atoms with Crippen molar-refractivity contribution in [2.75, 3.05) is 19.8 Å². The number of carboxylic acid groups (broad SMARTS) is 2. The summed E-state index contributed by atoms with van der Waals surface area (Å²) < 4.78 is 0. The number of carbonyl (C=O) groups is 5. The number of hydrogen-bond donors (Lipinski definition) is 8. The van der Waals surface area contributed by atoms with E-state index in [1.165, 1.54) is 0 Å². The molecule has 0 heterocycles. The van der Waals surface area contributed by atoms with E-state index in [0.717, 1.165) is 0 Å². The van der Waals surface area contributed by atoms with Crippen LogP contribution in [-0.4, -0.2) is 88.0 Å². The van der Waals surface area contributed by atoms with Gasteiger partial charge in [0, 0.05) is 6.42 Å². The van der Waals surface area contributed by atoms with E-state index in [4.69, 9.17) is 26.2 Å². The number of aliphatic carboxylic acids is 2. The number of hydrogen-bond acceptors (Lipinski definition) is 8. The highest BCUT2D eigenvalue weighted by Gasteiger charge is 2.24. The molecule has 3 atom stereocenters. The molecule has 0 saturated carbocycles. The molecule has 0 fully saturated rings. The maximum absolute atomic E-state index is 11.8. The van der Waals surface area contributed by atoms with E-state index in [0.29, 0.717) is 0 Å². The van der Waals surface area contributed by atoms with Crippen LogP contribution in [0, 0.1) is 0 Å². The largest absolute Gasteiger partial charge is 0.481 e. The lowest BCUT2D eigenvalue weighted by Crippen LogP contribution is -2.55. The van der Waals surface area contributed by atoms with Crippen LogP contribution in [0.2, 0.25) is 0 Å². The summed E-state index contributed by atoms with van der Waals surface area (Å²) in [6, 6.07) is -4.20. The smallest absolute Gasteiger partial charge is 0.328 e. The van der Waals surface area contributed by atoms with Gasteiger partial charge in [0.2, 0.25) is 17.7 Å². The molecule has 0 bridgehead atoms. The summed E-state index contributed by atoms with van der Waals surface area (Å²) >= 11 is 0. The van der Waals surface area contributed by atoms with Gasteiger partial charge in [-0.1, -0.05) is 0 Å². The molecule has 0 saturated heterocycles. The van der Waals surface area contributed by atoms with Gasteiger partial charge >= 0.3 is 11.9 Å². The summed E-state index contributed by atoms with van der Waals surface area (Å²) in [7, 11) is 0. The summed E-state index contributed by atoms with van der Waals surface area (Å²) in [5.41, 5.74) is 5.46. The Kier molecular flexibility index (Phi) is 10.5. The summed E-state index contributed by atoms with van der Waals surface area (Å²) in [6.45, 7) is -2.34. The van der Waals surface area contributed by atoms with E-state index in [1.807, 2.05) is 5.32 Å². The Labute approximate surface area is 147 Å². The second-order valence-electron chi connectivity index (χ2n) is 5.14. The van der Waals surface area contributed by atoms with E-state index in [9.17, 15) is 24.0 Å². The molecule has 0 aliphatic carbocycles. The lowest BCUT2D eigenvalue weighted by atomic mass is 10.1. The fourth-order valence-electron chi connectivity index (χ4n) is 1.60. The van der Waals surface area contributed by atoms with Gasteiger partial charge in [-0.25, -0.2) is 4.79 Å². The number of aliphatic hydroxyl groups excluding tert-OH is 2. The Balaban J connectivity index is 4.47. The van der Waals surface area contributed by atoms with Crippen LogP contribution in [0.5, 0.6) is 0 Å². The maximum atomic E-state index is 11.8. The van der Waals surface area contributed by atoms with Gasteiger partial charge in [0.1, 0.15) is 12.1 Å². The van der Waals surface area contributed by atoms with Crippen molar-refractivity contribution >= 4 is 29.7 Å². The zero-order valence-electron chi connectivity index (χ0n) is 13.7. The minimum absolute atomic E-state index is 0.179. The number of rotatable bonds is 12. The van der Waals surface area contributed by atoms with Crippen molar-refractivity contribution in [2.24, 2.45) is 5.73 Å². The molecule has 0 spiro atoms. The molecule has 13 heteroatoms. The number of aliphatic hydroxyl groups is 2. The van der Waals surface area contributed by atoms with E-state index in [1.54, 1.807) is 0 Å². The average molecular weight is 378 g/mol.